The van der Waals surface area contributed by atoms with Crippen molar-refractivity contribution in [3.63, 3.8) is 0 Å². The number of benzene rings is 3. The minimum Gasteiger partial charge on any atom is -0.374 e. The van der Waals surface area contributed by atoms with Crippen molar-refractivity contribution in [2.24, 2.45) is 5.11 Å². The maximum atomic E-state index is 12.1. The van der Waals surface area contributed by atoms with E-state index in [1.165, 1.54) is 0 Å². The van der Waals surface area contributed by atoms with Gasteiger partial charge in [-0.3, -0.25) is 4.79 Å². The summed E-state index contributed by atoms with van der Waals surface area (Å²) in [6.45, 7) is 1.30. The summed E-state index contributed by atoms with van der Waals surface area (Å²) >= 11 is 0. The number of carbonyl (C=O) groups is 1. The minimum absolute atomic E-state index is 0.233. The Hall–Kier alpha value is -3.68. The summed E-state index contributed by atoms with van der Waals surface area (Å²) in [4.78, 5) is 15.0. The third-order valence-corrected chi connectivity index (χ3v) is 5.80. The molecule has 1 amide bonds. The first-order valence-corrected chi connectivity index (χ1v) is 11.5. The standard InChI is InChI=1S/C27H28N4O4/c28-31-30-25-24(29-27(25)32)26(35-18-22-14-8-3-9-15-22)23(34-17-21-12-6-2-7-13-21)19-33-16-20-10-4-1-5-11-20/h1-15,23-26H,16-19H2,(H,29,32)/t23-,24-,25+,26-/m1/s1. The maximum Gasteiger partial charge on any atom is 0.231 e. The second-order valence-corrected chi connectivity index (χ2v) is 8.28. The van der Waals surface area contributed by atoms with E-state index in [-0.39, 0.29) is 12.5 Å². The lowest BCUT2D eigenvalue weighted by Gasteiger charge is -2.42. The van der Waals surface area contributed by atoms with Crippen LogP contribution in [-0.2, 0) is 38.8 Å². The van der Waals surface area contributed by atoms with E-state index in [1.54, 1.807) is 0 Å². The number of β-lactam (4-membered cyclic amide) rings is 1. The Labute approximate surface area is 204 Å². The van der Waals surface area contributed by atoms with Crippen LogP contribution in [0.25, 0.3) is 10.4 Å². The van der Waals surface area contributed by atoms with Crippen molar-refractivity contribution in [3.05, 3.63) is 118 Å². The van der Waals surface area contributed by atoms with Gasteiger partial charge in [-0.15, -0.1) is 0 Å². The van der Waals surface area contributed by atoms with E-state index in [9.17, 15) is 4.79 Å². The van der Waals surface area contributed by atoms with E-state index < -0.39 is 24.3 Å². The number of ether oxygens (including phenoxy) is 3. The minimum atomic E-state index is -0.863. The van der Waals surface area contributed by atoms with Crippen LogP contribution in [-0.4, -0.2) is 36.8 Å². The Kier molecular flexibility index (Phi) is 8.86. The molecule has 3 aromatic rings. The first kappa shape index (κ1) is 24.4. The highest BCUT2D eigenvalue weighted by atomic mass is 16.6. The average molecular weight is 473 g/mol. The van der Waals surface area contributed by atoms with Gasteiger partial charge in [0.2, 0.25) is 5.91 Å². The molecule has 4 rings (SSSR count). The summed E-state index contributed by atoms with van der Waals surface area (Å²) in [7, 11) is 0. The van der Waals surface area contributed by atoms with Gasteiger partial charge in [-0.2, -0.15) is 0 Å². The summed E-state index contributed by atoms with van der Waals surface area (Å²) < 4.78 is 18.6. The van der Waals surface area contributed by atoms with Gasteiger partial charge in [0.1, 0.15) is 18.2 Å². The molecular formula is C27H28N4O4. The van der Waals surface area contributed by atoms with Gasteiger partial charge in [0.05, 0.1) is 32.5 Å². The Bertz CT molecular complexity index is 1110. The molecule has 1 saturated heterocycles. The molecule has 1 aliphatic heterocycles. The van der Waals surface area contributed by atoms with Crippen molar-refractivity contribution < 1.29 is 19.0 Å². The fourth-order valence-electron chi connectivity index (χ4n) is 3.93. The number of azide groups is 1. The topological polar surface area (TPSA) is 106 Å². The number of nitrogens with one attached hydrogen (secondary N) is 1. The zero-order valence-corrected chi connectivity index (χ0v) is 19.3. The van der Waals surface area contributed by atoms with Gasteiger partial charge < -0.3 is 19.5 Å². The van der Waals surface area contributed by atoms with Crippen molar-refractivity contribution in [1.29, 1.82) is 0 Å². The van der Waals surface area contributed by atoms with Crippen LogP contribution in [0.5, 0.6) is 0 Å². The molecule has 1 aliphatic rings. The molecule has 1 heterocycles. The zero-order chi connectivity index (χ0) is 24.3. The molecule has 0 saturated carbocycles. The van der Waals surface area contributed by atoms with E-state index in [2.05, 4.69) is 15.3 Å². The summed E-state index contributed by atoms with van der Waals surface area (Å²) in [5.41, 5.74) is 12.0. The lowest BCUT2D eigenvalue weighted by molar-refractivity contribution is -0.154. The SMILES string of the molecule is [N-]=[N+]=N[C@@H]1C(=O)N[C@H]1[C@H](OCc1ccccc1)[C@@H](COCc1ccccc1)OCc1ccccc1. The van der Waals surface area contributed by atoms with Crippen LogP contribution in [0.1, 0.15) is 16.7 Å². The van der Waals surface area contributed by atoms with Gasteiger partial charge in [-0.25, -0.2) is 0 Å². The van der Waals surface area contributed by atoms with E-state index in [4.69, 9.17) is 19.7 Å². The molecule has 0 radical (unpaired) electrons. The molecule has 1 N–H and O–H groups in total. The van der Waals surface area contributed by atoms with Crippen molar-refractivity contribution in [2.45, 2.75) is 44.1 Å². The molecule has 0 bridgehead atoms. The third kappa shape index (κ3) is 6.91. The van der Waals surface area contributed by atoms with Crippen LogP contribution in [0.4, 0.5) is 0 Å². The van der Waals surface area contributed by atoms with E-state index >= 15 is 0 Å². The van der Waals surface area contributed by atoms with Crippen molar-refractivity contribution in [3.8, 4) is 0 Å². The van der Waals surface area contributed by atoms with Crippen molar-refractivity contribution in [1.82, 2.24) is 5.32 Å². The highest BCUT2D eigenvalue weighted by Crippen LogP contribution is 2.24. The summed E-state index contributed by atoms with van der Waals surface area (Å²) in [5.74, 6) is -0.326. The molecule has 1 fully saturated rings. The second-order valence-electron chi connectivity index (χ2n) is 8.28. The number of hydrogen-bond donors (Lipinski definition) is 1. The van der Waals surface area contributed by atoms with Gasteiger partial charge in [-0.05, 0) is 22.2 Å². The lowest BCUT2D eigenvalue weighted by atomic mass is 9.91. The normalized spacial score (nSPS) is 18.6. The van der Waals surface area contributed by atoms with E-state index in [1.807, 2.05) is 91.0 Å². The monoisotopic (exact) mass is 472 g/mol. The average Bonchev–Trinajstić information content (AvgIpc) is 2.91. The van der Waals surface area contributed by atoms with E-state index in [0.29, 0.717) is 19.8 Å². The Balaban J connectivity index is 1.52. The van der Waals surface area contributed by atoms with Gasteiger partial charge in [0.25, 0.3) is 0 Å². The van der Waals surface area contributed by atoms with Crippen molar-refractivity contribution >= 4 is 5.91 Å². The predicted octanol–water partition coefficient (Wildman–Crippen LogP) is 4.55. The first-order chi connectivity index (χ1) is 17.2. The second kappa shape index (κ2) is 12.7. The van der Waals surface area contributed by atoms with Crippen LogP contribution in [0, 0.1) is 0 Å². The molecule has 0 spiro atoms. The molecule has 3 aromatic carbocycles. The fourth-order valence-corrected chi connectivity index (χ4v) is 3.93. The molecule has 180 valence electrons. The largest absolute Gasteiger partial charge is 0.374 e. The number of carbonyl (C=O) groups excluding carboxylic acids is 1. The van der Waals surface area contributed by atoms with Gasteiger partial charge in [-0.1, -0.05) is 96.1 Å². The van der Waals surface area contributed by atoms with Crippen LogP contribution >= 0.6 is 0 Å². The van der Waals surface area contributed by atoms with Crippen LogP contribution < -0.4 is 5.32 Å². The first-order valence-electron chi connectivity index (χ1n) is 11.5. The highest BCUT2D eigenvalue weighted by Gasteiger charge is 2.47. The molecule has 0 unspecified atom stereocenters. The summed E-state index contributed by atoms with van der Waals surface area (Å²) in [6.07, 6.45) is -1.12. The number of nitrogens with zero attached hydrogens (tertiary/aromatic N) is 3. The number of amides is 1. The van der Waals surface area contributed by atoms with Crippen LogP contribution in [0.3, 0.4) is 0 Å². The Morgan fingerprint density at radius 2 is 1.31 bits per heavy atom. The lowest BCUT2D eigenvalue weighted by Crippen LogP contribution is -2.69. The smallest absolute Gasteiger partial charge is 0.231 e. The molecule has 35 heavy (non-hydrogen) atoms. The Morgan fingerprint density at radius 3 is 1.83 bits per heavy atom. The Morgan fingerprint density at radius 1 is 0.800 bits per heavy atom. The predicted molar refractivity (Wildman–Crippen MR) is 131 cm³/mol. The number of hydrogen-bond acceptors (Lipinski definition) is 5. The van der Waals surface area contributed by atoms with Gasteiger partial charge in [0, 0.05) is 4.91 Å². The van der Waals surface area contributed by atoms with Crippen molar-refractivity contribution in [2.75, 3.05) is 6.61 Å². The number of rotatable bonds is 13. The third-order valence-electron chi connectivity index (χ3n) is 5.80. The molecule has 8 heteroatoms. The summed E-state index contributed by atoms with van der Waals surface area (Å²) in [5, 5.41) is 6.53. The summed E-state index contributed by atoms with van der Waals surface area (Å²) in [6, 6.07) is 28.0. The molecule has 8 nitrogen and oxygen atoms in total. The van der Waals surface area contributed by atoms with Crippen LogP contribution in [0.2, 0.25) is 0 Å². The molecule has 4 atom stereocenters. The molecule has 0 aromatic heterocycles. The highest BCUT2D eigenvalue weighted by molar-refractivity contribution is 5.89. The van der Waals surface area contributed by atoms with Gasteiger partial charge in [0.15, 0.2) is 0 Å². The maximum absolute atomic E-state index is 12.1. The fraction of sp³-hybridized carbons (Fsp3) is 0.296. The molecular weight excluding hydrogens is 444 g/mol. The molecule has 0 aliphatic carbocycles. The van der Waals surface area contributed by atoms with Gasteiger partial charge >= 0.3 is 0 Å². The van der Waals surface area contributed by atoms with Crippen LogP contribution in [0.15, 0.2) is 96.1 Å². The zero-order valence-electron chi connectivity index (χ0n) is 19.3. The van der Waals surface area contributed by atoms with E-state index in [0.717, 1.165) is 16.7 Å². The quantitative estimate of drug-likeness (QED) is 0.170.